The predicted octanol–water partition coefficient (Wildman–Crippen LogP) is 15.0. The van der Waals surface area contributed by atoms with Crippen molar-refractivity contribution < 1.29 is 0 Å². The Kier molecular flexibility index (Phi) is 11.2. The second-order valence-corrected chi connectivity index (χ2v) is 22.8. The quantitative estimate of drug-likeness (QED) is 0.141. The molecule has 0 bridgehead atoms. The predicted molar refractivity (Wildman–Crippen MR) is 336 cm³/mol. The van der Waals surface area contributed by atoms with Gasteiger partial charge in [-0.15, -0.1) is 0 Å². The van der Waals surface area contributed by atoms with Crippen LogP contribution >= 0.6 is 0 Å². The molecule has 2 aliphatic carbocycles. The van der Waals surface area contributed by atoms with Crippen molar-refractivity contribution in [2.75, 3.05) is 24.5 Å². The zero-order chi connectivity index (χ0) is 52.0. The normalized spacial score (nSPS) is 16.1. The fraction of sp³-hybridized carbons (Fsp3) is 0.167. The molecule has 0 atom stereocenters. The molecule has 6 aliphatic rings. The number of fused-ring (bicyclic) bond motifs is 8. The molecule has 2 saturated carbocycles. The molecule has 0 aromatic heterocycles. The first-order chi connectivity index (χ1) is 39.2. The average molecular weight is 1020 g/mol. The van der Waals surface area contributed by atoms with Crippen LogP contribution in [0, 0.1) is 0 Å². The Morgan fingerprint density at radius 3 is 1.03 bits per heavy atom. The Labute approximate surface area is 466 Å². The van der Waals surface area contributed by atoms with Gasteiger partial charge in [0.05, 0.1) is 0 Å². The molecule has 5 nitrogen and oxygen atoms in total. The third kappa shape index (κ3) is 7.45. The number of rotatable bonds is 8. The van der Waals surface area contributed by atoms with Gasteiger partial charge in [0.25, 0.3) is 13.4 Å². The highest BCUT2D eigenvalue weighted by molar-refractivity contribution is 7.03. The molecule has 0 amide bonds. The van der Waals surface area contributed by atoms with Crippen LogP contribution in [0.15, 0.2) is 237 Å². The van der Waals surface area contributed by atoms with Crippen LogP contribution < -0.4 is 57.3 Å². The zero-order valence-corrected chi connectivity index (χ0v) is 44.6. The Morgan fingerprint density at radius 1 is 0.278 bits per heavy atom. The Bertz CT molecular complexity index is 3900. The molecular weight excluding hydrogens is 956 g/mol. The van der Waals surface area contributed by atoms with Gasteiger partial charge >= 0.3 is 0 Å². The van der Waals surface area contributed by atoms with E-state index in [2.05, 4.69) is 261 Å². The smallest absolute Gasteiger partial charge is 0.252 e. The summed E-state index contributed by atoms with van der Waals surface area (Å²) in [6.07, 6.45) is 12.9. The molecule has 0 spiro atoms. The van der Waals surface area contributed by atoms with Crippen LogP contribution in [0.3, 0.4) is 0 Å². The summed E-state index contributed by atoms with van der Waals surface area (Å²) in [6.45, 7) is -0.0988. The second-order valence-electron chi connectivity index (χ2n) is 22.8. The van der Waals surface area contributed by atoms with Crippen LogP contribution in [-0.2, 0) is 0 Å². The van der Waals surface area contributed by atoms with Crippen molar-refractivity contribution in [1.29, 1.82) is 0 Å². The molecular formula is C72H61B2N5. The van der Waals surface area contributed by atoms with E-state index in [4.69, 9.17) is 0 Å². The minimum Gasteiger partial charge on any atom is -0.365 e. The number of hydrogen-bond acceptors (Lipinski definition) is 5. The monoisotopic (exact) mass is 1020 g/mol. The molecule has 0 N–H and O–H groups in total. The highest BCUT2D eigenvalue weighted by Crippen LogP contribution is 2.51. The number of hydrogen-bond donors (Lipinski definition) is 0. The maximum Gasteiger partial charge on any atom is 0.252 e. The minimum absolute atomic E-state index is 0.0422. The molecule has 79 heavy (non-hydrogen) atoms. The highest BCUT2D eigenvalue weighted by Gasteiger charge is 2.49. The molecule has 10 aromatic rings. The van der Waals surface area contributed by atoms with E-state index in [0.29, 0.717) is 12.1 Å². The van der Waals surface area contributed by atoms with E-state index < -0.39 is 0 Å². The lowest BCUT2D eigenvalue weighted by Crippen LogP contribution is -2.65. The summed E-state index contributed by atoms with van der Waals surface area (Å²) < 4.78 is 0. The van der Waals surface area contributed by atoms with Crippen molar-refractivity contribution in [2.45, 2.75) is 76.3 Å². The summed E-state index contributed by atoms with van der Waals surface area (Å²) in [5.41, 5.74) is 26.3. The molecule has 4 aliphatic heterocycles. The molecule has 0 unspecified atom stereocenters. The van der Waals surface area contributed by atoms with Gasteiger partial charge in [0, 0.05) is 86.0 Å². The van der Waals surface area contributed by atoms with Crippen molar-refractivity contribution in [3.05, 3.63) is 237 Å². The Balaban J connectivity index is 1.02. The molecule has 380 valence electrons. The number of para-hydroxylation sites is 6. The summed E-state index contributed by atoms with van der Waals surface area (Å²) >= 11 is 0. The van der Waals surface area contributed by atoms with Gasteiger partial charge in [-0.2, -0.15) is 0 Å². The fourth-order valence-electron chi connectivity index (χ4n) is 15.2. The van der Waals surface area contributed by atoms with Crippen molar-refractivity contribution in [2.24, 2.45) is 0 Å². The first-order valence-electron chi connectivity index (χ1n) is 29.2. The summed E-state index contributed by atoms with van der Waals surface area (Å²) in [5.74, 6) is 0. The lowest BCUT2D eigenvalue weighted by Gasteiger charge is -2.48. The van der Waals surface area contributed by atoms with E-state index in [1.54, 1.807) is 0 Å². The average Bonchev–Trinajstić information content (AvgIpc) is 2.83. The molecule has 0 radical (unpaired) electrons. The van der Waals surface area contributed by atoms with Gasteiger partial charge in [0.1, 0.15) is 0 Å². The number of anilines is 13. The SMILES string of the molecule is c1ccc(-c2cc3c4c(c2)N(c2ccccc2)c2cc5c(cc2B4c2ccccc2N3c2ccccc2)B2c3ccccc3N(c3ccccc3)c3cc(N(C4CCCCC4)C4CCCCC4)cc(c32)N5c2ccccc2)cc1. The van der Waals surface area contributed by atoms with Crippen molar-refractivity contribution >= 4 is 120 Å². The second kappa shape index (κ2) is 19.1. The fourth-order valence-corrected chi connectivity index (χ4v) is 15.2. The lowest BCUT2D eigenvalue weighted by molar-refractivity contribution is 0.340. The van der Waals surface area contributed by atoms with Crippen LogP contribution in [0.4, 0.5) is 73.9 Å². The maximum absolute atomic E-state index is 2.97. The first-order valence-corrected chi connectivity index (χ1v) is 29.2. The molecule has 4 heterocycles. The van der Waals surface area contributed by atoms with Crippen LogP contribution in [0.5, 0.6) is 0 Å². The summed E-state index contributed by atoms with van der Waals surface area (Å²) in [5, 5.41) is 0. The molecule has 2 fully saturated rings. The highest BCUT2D eigenvalue weighted by atomic mass is 15.2. The lowest BCUT2D eigenvalue weighted by atomic mass is 9.30. The van der Waals surface area contributed by atoms with Gasteiger partial charge < -0.3 is 24.5 Å². The third-order valence-electron chi connectivity index (χ3n) is 18.5. The molecule has 0 saturated heterocycles. The minimum atomic E-state index is -0.0566. The summed E-state index contributed by atoms with van der Waals surface area (Å²) in [4.78, 5) is 13.4. The van der Waals surface area contributed by atoms with E-state index in [1.807, 2.05) is 0 Å². The molecule has 10 aromatic carbocycles. The number of benzene rings is 10. The van der Waals surface area contributed by atoms with E-state index >= 15 is 0 Å². The first kappa shape index (κ1) is 46.4. The molecule has 7 heteroatoms. The van der Waals surface area contributed by atoms with Gasteiger partial charge in [0.15, 0.2) is 0 Å². The zero-order valence-electron chi connectivity index (χ0n) is 44.6. The summed E-state index contributed by atoms with van der Waals surface area (Å²) in [6, 6.07) is 90.8. The standard InChI is InChI=1S/C72H61B2N5/c1-8-26-50(27-9-1)51-44-67-71-68(45-51)78(56-36-18-6-19-37-56)65-49-66-62(48-61(65)73(71)59-40-22-24-42-63(59)76(67)54-32-14-4-15-33-54)74-60-41-23-25-43-64(60)77(55-34-16-5-17-35-55)69-46-58(47-70(72(69)74)79(66)57-38-20-7-21-39-57)75(52-28-10-2-11-29-52)53-30-12-3-13-31-53/h1,4-9,14-27,32-49,52-53H,2-3,10-13,28-31H2. The van der Waals surface area contributed by atoms with Crippen LogP contribution in [0.2, 0.25) is 0 Å². The third-order valence-corrected chi connectivity index (χ3v) is 18.5. The maximum atomic E-state index is 2.97. The summed E-state index contributed by atoms with van der Waals surface area (Å²) in [7, 11) is 0. The van der Waals surface area contributed by atoms with Gasteiger partial charge in [-0.05, 0) is 161 Å². The van der Waals surface area contributed by atoms with E-state index in [-0.39, 0.29) is 13.4 Å². The van der Waals surface area contributed by atoms with Crippen molar-refractivity contribution in [3.63, 3.8) is 0 Å². The van der Waals surface area contributed by atoms with Crippen LogP contribution in [-0.4, -0.2) is 25.5 Å². The van der Waals surface area contributed by atoms with E-state index in [0.717, 1.165) is 11.4 Å². The van der Waals surface area contributed by atoms with E-state index in [1.165, 1.54) is 171 Å². The van der Waals surface area contributed by atoms with Crippen LogP contribution in [0.25, 0.3) is 11.1 Å². The van der Waals surface area contributed by atoms with E-state index in [9.17, 15) is 0 Å². The van der Waals surface area contributed by atoms with Gasteiger partial charge in [-0.25, -0.2) is 0 Å². The Hall–Kier alpha value is -8.67. The Morgan fingerprint density at radius 2 is 0.620 bits per heavy atom. The van der Waals surface area contributed by atoms with Crippen LogP contribution in [0.1, 0.15) is 64.2 Å². The van der Waals surface area contributed by atoms with Gasteiger partial charge in [0.2, 0.25) is 0 Å². The van der Waals surface area contributed by atoms with Crippen molar-refractivity contribution in [1.82, 2.24) is 0 Å². The van der Waals surface area contributed by atoms with Gasteiger partial charge in [-0.1, -0.05) is 184 Å². The largest absolute Gasteiger partial charge is 0.365 e. The topological polar surface area (TPSA) is 16.2 Å². The number of nitrogens with zero attached hydrogens (tertiary/aromatic N) is 5. The van der Waals surface area contributed by atoms with Crippen molar-refractivity contribution in [3.8, 4) is 11.1 Å². The molecule has 16 rings (SSSR count). The van der Waals surface area contributed by atoms with Gasteiger partial charge in [-0.3, -0.25) is 0 Å².